The van der Waals surface area contributed by atoms with Gasteiger partial charge in [0, 0.05) is 22.4 Å². The van der Waals surface area contributed by atoms with Gasteiger partial charge >= 0.3 is 0 Å². The van der Waals surface area contributed by atoms with E-state index in [0.29, 0.717) is 0 Å². The van der Waals surface area contributed by atoms with E-state index in [9.17, 15) is 0 Å². The lowest BCUT2D eigenvalue weighted by molar-refractivity contribution is 0.659. The van der Waals surface area contributed by atoms with Gasteiger partial charge in [0.25, 0.3) is 0 Å². The number of nitrogens with one attached hydrogen (secondary N) is 1. The quantitative estimate of drug-likeness (QED) is 0.341. The van der Waals surface area contributed by atoms with E-state index >= 15 is 0 Å². The van der Waals surface area contributed by atoms with E-state index in [-0.39, 0.29) is 5.41 Å². The second-order valence-corrected chi connectivity index (χ2v) is 10.2. The summed E-state index contributed by atoms with van der Waals surface area (Å²) < 4.78 is 0. The third kappa shape index (κ3) is 3.47. The molecule has 1 N–H and O–H groups in total. The topological polar surface area (TPSA) is 12.0 Å². The van der Waals surface area contributed by atoms with E-state index in [4.69, 9.17) is 0 Å². The molecule has 0 spiro atoms. The molecule has 6 rings (SSSR count). The number of anilines is 2. The zero-order chi connectivity index (χ0) is 22.4. The molecule has 1 fully saturated rings. The smallest absolute Gasteiger partial charge is 0.0463 e. The molecule has 164 valence electrons. The molecular weight excluding hydrogens is 398 g/mol. The van der Waals surface area contributed by atoms with E-state index in [1.165, 1.54) is 64.6 Å². The number of benzene rings is 4. The molecule has 0 saturated heterocycles. The number of para-hydroxylation sites is 1. The van der Waals surface area contributed by atoms with Crippen molar-refractivity contribution in [3.8, 4) is 22.3 Å². The van der Waals surface area contributed by atoms with Crippen LogP contribution in [0.5, 0.6) is 0 Å². The van der Waals surface area contributed by atoms with Crippen LogP contribution in [0.1, 0.15) is 62.1 Å². The van der Waals surface area contributed by atoms with Crippen LogP contribution in [0, 0.1) is 0 Å². The monoisotopic (exact) mass is 429 g/mol. The number of hydrogen-bond acceptors (Lipinski definition) is 1. The number of rotatable bonds is 4. The maximum atomic E-state index is 3.72. The second kappa shape index (κ2) is 7.92. The summed E-state index contributed by atoms with van der Waals surface area (Å²) in [4.78, 5) is 0. The highest BCUT2D eigenvalue weighted by Crippen LogP contribution is 2.51. The fraction of sp³-hybridized carbons (Fsp3) is 0.250. The van der Waals surface area contributed by atoms with Gasteiger partial charge in [-0.2, -0.15) is 0 Å². The van der Waals surface area contributed by atoms with Crippen molar-refractivity contribution in [2.24, 2.45) is 0 Å². The first-order valence-corrected chi connectivity index (χ1v) is 12.3. The Morgan fingerprint density at radius 2 is 1.42 bits per heavy atom. The second-order valence-electron chi connectivity index (χ2n) is 10.2. The summed E-state index contributed by atoms with van der Waals surface area (Å²) in [5.74, 6) is 0.748. The minimum atomic E-state index is 0.00944. The Kier molecular flexibility index (Phi) is 4.87. The van der Waals surface area contributed by atoms with E-state index in [0.717, 1.165) is 17.3 Å². The Bertz CT molecular complexity index is 1310. The Hall–Kier alpha value is -3.32. The lowest BCUT2D eigenvalue weighted by Crippen LogP contribution is -2.15. The summed E-state index contributed by atoms with van der Waals surface area (Å²) >= 11 is 0. The van der Waals surface area contributed by atoms with E-state index in [2.05, 4.69) is 110 Å². The van der Waals surface area contributed by atoms with Crippen molar-refractivity contribution in [2.75, 3.05) is 5.32 Å². The van der Waals surface area contributed by atoms with Crippen molar-refractivity contribution in [3.63, 3.8) is 0 Å². The highest BCUT2D eigenvalue weighted by atomic mass is 14.9. The first-order chi connectivity index (χ1) is 16.1. The Morgan fingerprint density at radius 3 is 2.24 bits per heavy atom. The molecule has 1 heteroatoms. The fourth-order valence-electron chi connectivity index (χ4n) is 5.98. The van der Waals surface area contributed by atoms with Gasteiger partial charge in [-0.15, -0.1) is 0 Å². The van der Waals surface area contributed by atoms with Crippen molar-refractivity contribution in [1.82, 2.24) is 0 Å². The maximum Gasteiger partial charge on any atom is 0.0463 e. The molecular formula is C32H31N. The lowest BCUT2D eigenvalue weighted by Gasteiger charge is -2.23. The Labute approximate surface area is 197 Å². The predicted molar refractivity (Wildman–Crippen MR) is 140 cm³/mol. The van der Waals surface area contributed by atoms with Gasteiger partial charge in [0.05, 0.1) is 0 Å². The SMILES string of the molecule is CC1(C)c2ccc(C3CCCC3)cc2-c2ccc(Nc3ccccc3-c3ccccc3)cc21. The average Bonchev–Trinajstić information content (AvgIpc) is 3.46. The van der Waals surface area contributed by atoms with Crippen molar-refractivity contribution >= 4 is 11.4 Å². The standard InChI is InChI=1S/C32H31N/c1-32(2)29-19-16-24(22-10-6-7-11-22)20-28(29)27-18-17-25(21-30(27)32)33-31-15-9-8-14-26(31)23-12-4-3-5-13-23/h3-5,8-9,12-22,33H,6-7,10-11H2,1-2H3. The van der Waals surface area contributed by atoms with Crippen LogP contribution in [0.15, 0.2) is 91.0 Å². The van der Waals surface area contributed by atoms with Crippen LogP contribution in [-0.2, 0) is 5.41 Å². The summed E-state index contributed by atoms with van der Waals surface area (Å²) in [5, 5.41) is 3.72. The molecule has 0 bridgehead atoms. The Balaban J connectivity index is 1.37. The number of hydrogen-bond donors (Lipinski definition) is 1. The van der Waals surface area contributed by atoms with Gasteiger partial charge < -0.3 is 5.32 Å². The normalized spacial score (nSPS) is 16.4. The van der Waals surface area contributed by atoms with Gasteiger partial charge in [-0.25, -0.2) is 0 Å². The van der Waals surface area contributed by atoms with E-state index in [1.54, 1.807) is 0 Å². The molecule has 0 aliphatic heterocycles. The van der Waals surface area contributed by atoms with Crippen LogP contribution < -0.4 is 5.32 Å². The first kappa shape index (κ1) is 20.3. The van der Waals surface area contributed by atoms with Crippen LogP contribution in [-0.4, -0.2) is 0 Å². The molecule has 0 aromatic heterocycles. The number of fused-ring (bicyclic) bond motifs is 3. The summed E-state index contributed by atoms with van der Waals surface area (Å²) in [5.41, 5.74) is 12.0. The molecule has 2 aliphatic rings. The summed E-state index contributed by atoms with van der Waals surface area (Å²) in [6.45, 7) is 4.74. The molecule has 4 aromatic rings. The third-order valence-electron chi connectivity index (χ3n) is 7.82. The van der Waals surface area contributed by atoms with Crippen LogP contribution in [0.25, 0.3) is 22.3 Å². The molecule has 4 aromatic carbocycles. The molecule has 33 heavy (non-hydrogen) atoms. The van der Waals surface area contributed by atoms with E-state index in [1.807, 2.05) is 0 Å². The highest BCUT2D eigenvalue weighted by Gasteiger charge is 2.36. The average molecular weight is 430 g/mol. The third-order valence-corrected chi connectivity index (χ3v) is 7.82. The zero-order valence-corrected chi connectivity index (χ0v) is 19.6. The van der Waals surface area contributed by atoms with Crippen LogP contribution >= 0.6 is 0 Å². The summed E-state index contributed by atoms with van der Waals surface area (Å²) in [6.07, 6.45) is 5.45. The largest absolute Gasteiger partial charge is 0.355 e. The molecule has 0 heterocycles. The summed E-state index contributed by atoms with van der Waals surface area (Å²) in [6, 6.07) is 33.4. The van der Waals surface area contributed by atoms with Crippen LogP contribution in [0.2, 0.25) is 0 Å². The summed E-state index contributed by atoms with van der Waals surface area (Å²) in [7, 11) is 0. The molecule has 0 atom stereocenters. The first-order valence-electron chi connectivity index (χ1n) is 12.3. The van der Waals surface area contributed by atoms with Gasteiger partial charge in [0.15, 0.2) is 0 Å². The van der Waals surface area contributed by atoms with Crippen LogP contribution in [0.3, 0.4) is 0 Å². The van der Waals surface area contributed by atoms with E-state index < -0.39 is 0 Å². The molecule has 1 saturated carbocycles. The minimum absolute atomic E-state index is 0.00944. The fourth-order valence-corrected chi connectivity index (χ4v) is 5.98. The van der Waals surface area contributed by atoms with Crippen molar-refractivity contribution < 1.29 is 0 Å². The van der Waals surface area contributed by atoms with Crippen LogP contribution in [0.4, 0.5) is 11.4 Å². The molecule has 0 unspecified atom stereocenters. The highest BCUT2D eigenvalue weighted by molar-refractivity contribution is 5.85. The lowest BCUT2D eigenvalue weighted by atomic mass is 9.81. The van der Waals surface area contributed by atoms with Gasteiger partial charge in [-0.05, 0) is 70.3 Å². The molecule has 0 radical (unpaired) electrons. The molecule has 2 aliphatic carbocycles. The zero-order valence-electron chi connectivity index (χ0n) is 19.6. The Morgan fingerprint density at radius 1 is 0.667 bits per heavy atom. The van der Waals surface area contributed by atoms with Gasteiger partial charge in [0.1, 0.15) is 0 Å². The minimum Gasteiger partial charge on any atom is -0.355 e. The van der Waals surface area contributed by atoms with Crippen molar-refractivity contribution in [1.29, 1.82) is 0 Å². The van der Waals surface area contributed by atoms with Crippen molar-refractivity contribution in [3.05, 3.63) is 108 Å². The van der Waals surface area contributed by atoms with Gasteiger partial charge in [-0.3, -0.25) is 0 Å². The van der Waals surface area contributed by atoms with Gasteiger partial charge in [0.2, 0.25) is 0 Å². The predicted octanol–water partition coefficient (Wildman–Crippen LogP) is 9.06. The van der Waals surface area contributed by atoms with Crippen molar-refractivity contribution in [2.45, 2.75) is 50.9 Å². The van der Waals surface area contributed by atoms with Gasteiger partial charge in [-0.1, -0.05) is 99.5 Å². The maximum absolute atomic E-state index is 3.72. The molecule has 1 nitrogen and oxygen atoms in total. The molecule has 0 amide bonds.